The molecule has 0 saturated heterocycles. The quantitative estimate of drug-likeness (QED) is 0.654. The highest BCUT2D eigenvalue weighted by molar-refractivity contribution is 6.05. The first kappa shape index (κ1) is 20.3. The Hall–Kier alpha value is -3.41. The molecule has 1 heterocycles. The van der Waals surface area contributed by atoms with Crippen molar-refractivity contribution in [2.75, 3.05) is 0 Å². The number of hydrogen-bond donors (Lipinski definition) is 2. The van der Waals surface area contributed by atoms with Crippen molar-refractivity contribution in [2.45, 2.75) is 39.3 Å². The fourth-order valence-corrected chi connectivity index (χ4v) is 2.87. The number of benzene rings is 2. The molecule has 0 fully saturated rings. The van der Waals surface area contributed by atoms with Gasteiger partial charge in [-0.2, -0.15) is 0 Å². The van der Waals surface area contributed by atoms with Gasteiger partial charge >= 0.3 is 5.97 Å². The summed E-state index contributed by atoms with van der Waals surface area (Å²) in [4.78, 5) is 29.8. The summed E-state index contributed by atoms with van der Waals surface area (Å²) in [5.41, 5.74) is 1.86. The number of nitrogens with zero attached hydrogens (tertiary/aromatic N) is 1. The third-order valence-corrected chi connectivity index (χ3v) is 4.25. The van der Waals surface area contributed by atoms with Crippen molar-refractivity contribution < 1.29 is 19.4 Å². The van der Waals surface area contributed by atoms with Crippen LogP contribution in [0.1, 0.15) is 38.1 Å². The van der Waals surface area contributed by atoms with E-state index in [1.165, 1.54) is 0 Å². The maximum atomic E-state index is 12.9. The van der Waals surface area contributed by atoms with Gasteiger partial charge in [0.15, 0.2) is 6.10 Å². The molecule has 6 nitrogen and oxygen atoms in total. The molecule has 1 atom stereocenters. The van der Waals surface area contributed by atoms with Crippen LogP contribution in [0.15, 0.2) is 54.6 Å². The predicted molar refractivity (Wildman–Crippen MR) is 112 cm³/mol. The Labute approximate surface area is 169 Å². The molecule has 0 bridgehead atoms. The maximum Gasteiger partial charge on any atom is 0.339 e. The van der Waals surface area contributed by atoms with Crippen LogP contribution in [0.2, 0.25) is 0 Å². The number of rotatable bonds is 4. The number of pyridine rings is 1. The van der Waals surface area contributed by atoms with Crippen molar-refractivity contribution in [3.05, 3.63) is 60.2 Å². The summed E-state index contributed by atoms with van der Waals surface area (Å²) in [6.45, 7) is 7.13. The molecule has 0 radical (unpaired) electrons. The van der Waals surface area contributed by atoms with Gasteiger partial charge in [-0.05, 0) is 64.1 Å². The fourth-order valence-electron chi connectivity index (χ4n) is 2.87. The highest BCUT2D eigenvalue weighted by Crippen LogP contribution is 2.26. The van der Waals surface area contributed by atoms with Crippen molar-refractivity contribution in [2.24, 2.45) is 0 Å². The van der Waals surface area contributed by atoms with Gasteiger partial charge in [-0.3, -0.25) is 4.79 Å². The number of phenols is 1. The molecule has 150 valence electrons. The molecule has 0 saturated carbocycles. The van der Waals surface area contributed by atoms with Crippen LogP contribution in [-0.2, 0) is 9.53 Å². The average Bonchev–Trinajstić information content (AvgIpc) is 2.66. The second kappa shape index (κ2) is 7.91. The molecule has 29 heavy (non-hydrogen) atoms. The van der Waals surface area contributed by atoms with Gasteiger partial charge in [0.05, 0.1) is 16.8 Å². The first-order valence-electron chi connectivity index (χ1n) is 9.36. The van der Waals surface area contributed by atoms with Crippen LogP contribution < -0.4 is 5.32 Å². The van der Waals surface area contributed by atoms with Gasteiger partial charge in [0, 0.05) is 16.5 Å². The number of para-hydroxylation sites is 1. The zero-order chi connectivity index (χ0) is 21.2. The van der Waals surface area contributed by atoms with Gasteiger partial charge in [0.2, 0.25) is 0 Å². The number of carbonyl (C=O) groups is 2. The smallest absolute Gasteiger partial charge is 0.339 e. The van der Waals surface area contributed by atoms with E-state index in [1.807, 2.05) is 39.0 Å². The van der Waals surface area contributed by atoms with Gasteiger partial charge in [-0.15, -0.1) is 0 Å². The molecule has 3 rings (SSSR count). The van der Waals surface area contributed by atoms with Crippen molar-refractivity contribution in [3.63, 3.8) is 0 Å². The standard InChI is InChI=1S/C23H24N2O4/c1-14(21(27)25-23(2,3)4)29-22(28)18-13-20(15-9-11-16(26)12-10-15)24-19-8-6-5-7-17(18)19/h5-14,26H,1-4H3,(H,25,27)/t14-/m0/s1. The van der Waals surface area contributed by atoms with E-state index in [1.54, 1.807) is 43.3 Å². The summed E-state index contributed by atoms with van der Waals surface area (Å²) in [5.74, 6) is -0.809. The number of amides is 1. The normalized spacial score (nSPS) is 12.4. The molecule has 0 aliphatic rings. The summed E-state index contributed by atoms with van der Waals surface area (Å²) < 4.78 is 5.44. The zero-order valence-electron chi connectivity index (χ0n) is 16.9. The Morgan fingerprint density at radius 1 is 1.07 bits per heavy atom. The Kier molecular flexibility index (Phi) is 5.55. The minimum Gasteiger partial charge on any atom is -0.508 e. The predicted octanol–water partition coefficient (Wildman–Crippen LogP) is 4.07. The lowest BCUT2D eigenvalue weighted by Crippen LogP contribution is -2.46. The topological polar surface area (TPSA) is 88.5 Å². The van der Waals surface area contributed by atoms with Crippen LogP contribution in [-0.4, -0.2) is 33.6 Å². The first-order valence-corrected chi connectivity index (χ1v) is 9.36. The largest absolute Gasteiger partial charge is 0.508 e. The van der Waals surface area contributed by atoms with Gasteiger partial charge in [-0.1, -0.05) is 18.2 Å². The number of aromatic nitrogens is 1. The molecule has 1 aromatic heterocycles. The monoisotopic (exact) mass is 392 g/mol. The van der Waals surface area contributed by atoms with E-state index in [2.05, 4.69) is 10.3 Å². The van der Waals surface area contributed by atoms with Crippen LogP contribution in [0.3, 0.4) is 0 Å². The van der Waals surface area contributed by atoms with Gasteiger partial charge in [0.1, 0.15) is 5.75 Å². The number of carbonyl (C=O) groups excluding carboxylic acids is 2. The van der Waals surface area contributed by atoms with Crippen LogP contribution in [0.5, 0.6) is 5.75 Å². The summed E-state index contributed by atoms with van der Waals surface area (Å²) in [5, 5.41) is 13.0. The molecule has 3 aromatic rings. The lowest BCUT2D eigenvalue weighted by Gasteiger charge is -2.23. The minimum atomic E-state index is -0.939. The Morgan fingerprint density at radius 3 is 2.38 bits per heavy atom. The van der Waals surface area contributed by atoms with Crippen LogP contribution in [0.25, 0.3) is 22.2 Å². The van der Waals surface area contributed by atoms with E-state index < -0.39 is 17.6 Å². The van der Waals surface area contributed by atoms with Gasteiger partial charge in [-0.25, -0.2) is 9.78 Å². The average molecular weight is 392 g/mol. The number of nitrogens with one attached hydrogen (secondary N) is 1. The molecule has 6 heteroatoms. The minimum absolute atomic E-state index is 0.146. The molecule has 0 aliphatic heterocycles. The second-order valence-corrected chi connectivity index (χ2v) is 7.91. The number of ether oxygens (including phenoxy) is 1. The number of aromatic hydroxyl groups is 1. The summed E-state index contributed by atoms with van der Waals surface area (Å²) in [7, 11) is 0. The number of fused-ring (bicyclic) bond motifs is 1. The lowest BCUT2D eigenvalue weighted by molar-refractivity contribution is -0.130. The van der Waals surface area contributed by atoms with E-state index in [0.29, 0.717) is 22.2 Å². The van der Waals surface area contributed by atoms with E-state index >= 15 is 0 Å². The Bertz CT molecular complexity index is 1050. The number of hydrogen-bond acceptors (Lipinski definition) is 5. The molecule has 0 unspecified atom stereocenters. The zero-order valence-corrected chi connectivity index (χ0v) is 16.9. The third-order valence-electron chi connectivity index (χ3n) is 4.25. The lowest BCUT2D eigenvalue weighted by atomic mass is 10.0. The van der Waals surface area contributed by atoms with Crippen LogP contribution >= 0.6 is 0 Å². The van der Waals surface area contributed by atoms with Gasteiger partial charge in [0.25, 0.3) is 5.91 Å². The molecule has 2 aromatic carbocycles. The highest BCUT2D eigenvalue weighted by atomic mass is 16.5. The molecule has 2 N–H and O–H groups in total. The van der Waals surface area contributed by atoms with E-state index in [4.69, 9.17) is 4.74 Å². The summed E-state index contributed by atoms with van der Waals surface area (Å²) >= 11 is 0. The van der Waals surface area contributed by atoms with Crippen molar-refractivity contribution >= 4 is 22.8 Å². The van der Waals surface area contributed by atoms with Crippen molar-refractivity contribution in [1.29, 1.82) is 0 Å². The Balaban J connectivity index is 1.96. The van der Waals surface area contributed by atoms with Crippen molar-refractivity contribution in [1.82, 2.24) is 10.3 Å². The van der Waals surface area contributed by atoms with E-state index in [-0.39, 0.29) is 11.7 Å². The maximum absolute atomic E-state index is 12.9. The SMILES string of the molecule is C[C@H](OC(=O)c1cc(-c2ccc(O)cc2)nc2ccccc12)C(=O)NC(C)(C)C. The molecule has 1 amide bonds. The fraction of sp³-hybridized carbons (Fsp3) is 0.261. The number of phenolic OH excluding ortho intramolecular Hbond substituents is 1. The highest BCUT2D eigenvalue weighted by Gasteiger charge is 2.24. The summed E-state index contributed by atoms with van der Waals surface area (Å²) in [6.07, 6.45) is -0.939. The van der Waals surface area contributed by atoms with Crippen LogP contribution in [0.4, 0.5) is 0 Å². The Morgan fingerprint density at radius 2 is 1.72 bits per heavy atom. The van der Waals surface area contributed by atoms with Crippen LogP contribution in [0, 0.1) is 0 Å². The first-order chi connectivity index (χ1) is 13.6. The second-order valence-electron chi connectivity index (χ2n) is 7.91. The molecular weight excluding hydrogens is 368 g/mol. The number of esters is 1. The molecule has 0 aliphatic carbocycles. The van der Waals surface area contributed by atoms with Gasteiger partial charge < -0.3 is 15.2 Å². The van der Waals surface area contributed by atoms with E-state index in [0.717, 1.165) is 5.56 Å². The molecular formula is C23H24N2O4. The molecule has 0 spiro atoms. The summed E-state index contributed by atoms with van der Waals surface area (Å²) in [6, 6.07) is 15.5. The third kappa shape index (κ3) is 4.90. The van der Waals surface area contributed by atoms with Crippen molar-refractivity contribution in [3.8, 4) is 17.0 Å². The van der Waals surface area contributed by atoms with E-state index in [9.17, 15) is 14.7 Å².